The highest BCUT2D eigenvalue weighted by Gasteiger charge is 2.24. The second-order valence-electron chi connectivity index (χ2n) is 7.30. The molecule has 0 aliphatic heterocycles. The van der Waals surface area contributed by atoms with Gasteiger partial charge >= 0.3 is 0 Å². The number of hydrogen-bond donors (Lipinski definition) is 0. The molecule has 32 heavy (non-hydrogen) atoms. The number of amides is 1. The summed E-state index contributed by atoms with van der Waals surface area (Å²) < 4.78 is 2.03. The van der Waals surface area contributed by atoms with Crippen LogP contribution in [0.5, 0.6) is 0 Å². The first-order valence-corrected chi connectivity index (χ1v) is 11.5. The Kier molecular flexibility index (Phi) is 6.97. The minimum absolute atomic E-state index is 0.0313. The van der Waals surface area contributed by atoms with Crippen molar-refractivity contribution in [1.29, 1.82) is 0 Å². The largest absolute Gasteiger partial charge is 0.334 e. The van der Waals surface area contributed by atoms with Gasteiger partial charge in [-0.1, -0.05) is 72.4 Å². The van der Waals surface area contributed by atoms with Crippen molar-refractivity contribution in [1.82, 2.24) is 24.6 Å². The molecule has 4 rings (SSSR count). The fraction of sp³-hybridized carbons (Fsp3) is 0.200. The molecule has 2 aromatic carbocycles. The third kappa shape index (κ3) is 4.73. The van der Waals surface area contributed by atoms with Crippen LogP contribution < -0.4 is 0 Å². The minimum Gasteiger partial charge on any atom is -0.334 e. The van der Waals surface area contributed by atoms with Crippen molar-refractivity contribution in [2.24, 2.45) is 0 Å². The van der Waals surface area contributed by atoms with E-state index in [-0.39, 0.29) is 17.7 Å². The van der Waals surface area contributed by atoms with Gasteiger partial charge in [0.25, 0.3) is 0 Å². The summed E-state index contributed by atoms with van der Waals surface area (Å²) in [4.78, 5) is 19.1. The molecule has 0 spiro atoms. The summed E-state index contributed by atoms with van der Waals surface area (Å²) >= 11 is 1.41. The van der Waals surface area contributed by atoms with Crippen LogP contribution >= 0.6 is 11.8 Å². The Labute approximate surface area is 192 Å². The lowest BCUT2D eigenvalue weighted by Crippen LogP contribution is -2.33. The predicted molar refractivity (Wildman–Crippen MR) is 127 cm³/mol. The molecule has 7 heteroatoms. The molecule has 162 valence electrons. The average molecular weight is 444 g/mol. The van der Waals surface area contributed by atoms with Gasteiger partial charge in [0.15, 0.2) is 11.0 Å². The second-order valence-corrected chi connectivity index (χ2v) is 8.25. The molecule has 0 unspecified atom stereocenters. The quantitative estimate of drug-likeness (QED) is 0.369. The summed E-state index contributed by atoms with van der Waals surface area (Å²) in [7, 11) is 1.86. The molecule has 2 aromatic heterocycles. The van der Waals surface area contributed by atoms with Gasteiger partial charge < -0.3 is 9.47 Å². The van der Waals surface area contributed by atoms with Gasteiger partial charge in [-0.05, 0) is 30.2 Å². The zero-order valence-corrected chi connectivity index (χ0v) is 18.9. The van der Waals surface area contributed by atoms with Crippen LogP contribution in [-0.4, -0.2) is 43.4 Å². The number of rotatable bonds is 8. The fourth-order valence-corrected chi connectivity index (χ4v) is 4.60. The van der Waals surface area contributed by atoms with Crippen molar-refractivity contribution in [3.8, 4) is 11.4 Å². The number of carbonyl (C=O) groups excluding carboxylic acids is 1. The van der Waals surface area contributed by atoms with Crippen LogP contribution in [0.25, 0.3) is 11.4 Å². The van der Waals surface area contributed by atoms with Crippen LogP contribution in [0, 0.1) is 0 Å². The van der Waals surface area contributed by atoms with E-state index in [1.54, 1.807) is 12.4 Å². The lowest BCUT2D eigenvalue weighted by atomic mass is 9.97. The maximum absolute atomic E-state index is 13.2. The highest BCUT2D eigenvalue weighted by atomic mass is 32.2. The summed E-state index contributed by atoms with van der Waals surface area (Å²) in [6.45, 7) is 2.76. The molecule has 0 aliphatic carbocycles. The minimum atomic E-state index is -0.151. The topological polar surface area (TPSA) is 63.9 Å². The molecular formula is C25H25N5OS. The zero-order chi connectivity index (χ0) is 22.3. The van der Waals surface area contributed by atoms with E-state index in [9.17, 15) is 4.79 Å². The van der Waals surface area contributed by atoms with Gasteiger partial charge in [-0.3, -0.25) is 9.78 Å². The molecule has 2 heterocycles. The number of benzene rings is 2. The van der Waals surface area contributed by atoms with Gasteiger partial charge in [-0.15, -0.1) is 10.2 Å². The number of aromatic nitrogens is 4. The highest BCUT2D eigenvalue weighted by Crippen LogP contribution is 2.29. The molecular weight excluding hydrogens is 418 g/mol. The van der Waals surface area contributed by atoms with Crippen LogP contribution in [0.1, 0.15) is 24.1 Å². The smallest absolute Gasteiger partial charge is 0.233 e. The van der Waals surface area contributed by atoms with Crippen molar-refractivity contribution >= 4 is 17.7 Å². The van der Waals surface area contributed by atoms with E-state index >= 15 is 0 Å². The summed E-state index contributed by atoms with van der Waals surface area (Å²) in [6.07, 6.45) is 3.48. The van der Waals surface area contributed by atoms with E-state index in [1.807, 2.05) is 72.0 Å². The number of thioether (sulfide) groups is 1. The normalized spacial score (nSPS) is 11.0. The molecule has 6 nitrogen and oxygen atoms in total. The van der Waals surface area contributed by atoms with Crippen molar-refractivity contribution < 1.29 is 4.79 Å². The average Bonchev–Trinajstić information content (AvgIpc) is 3.27. The van der Waals surface area contributed by atoms with Crippen LogP contribution in [0.2, 0.25) is 0 Å². The Balaban J connectivity index is 1.53. The number of carbonyl (C=O) groups is 1. The van der Waals surface area contributed by atoms with Crippen molar-refractivity contribution in [2.45, 2.75) is 24.7 Å². The summed E-state index contributed by atoms with van der Waals surface area (Å²) in [5, 5.41) is 9.42. The van der Waals surface area contributed by atoms with Gasteiger partial charge in [0, 0.05) is 31.5 Å². The summed E-state index contributed by atoms with van der Waals surface area (Å²) in [6, 6.07) is 23.9. The van der Waals surface area contributed by atoms with Gasteiger partial charge in [0.05, 0.1) is 11.8 Å². The van der Waals surface area contributed by atoms with Gasteiger partial charge in [-0.2, -0.15) is 0 Å². The van der Waals surface area contributed by atoms with Crippen LogP contribution in [0.15, 0.2) is 90.3 Å². The lowest BCUT2D eigenvalue weighted by molar-refractivity contribution is -0.128. The Morgan fingerprint density at radius 3 is 2.09 bits per heavy atom. The van der Waals surface area contributed by atoms with Crippen LogP contribution in [-0.2, 0) is 11.3 Å². The molecule has 0 bridgehead atoms. The van der Waals surface area contributed by atoms with Gasteiger partial charge in [-0.25, -0.2) is 0 Å². The van der Waals surface area contributed by atoms with Crippen molar-refractivity contribution in [3.63, 3.8) is 0 Å². The Morgan fingerprint density at radius 1 is 0.938 bits per heavy atom. The maximum atomic E-state index is 13.2. The monoisotopic (exact) mass is 443 g/mol. The maximum Gasteiger partial charge on any atom is 0.233 e. The molecule has 0 saturated heterocycles. The van der Waals surface area contributed by atoms with Crippen LogP contribution in [0.3, 0.4) is 0 Å². The predicted octanol–water partition coefficient (Wildman–Crippen LogP) is 4.70. The first kappa shape index (κ1) is 21.8. The highest BCUT2D eigenvalue weighted by molar-refractivity contribution is 7.99. The van der Waals surface area contributed by atoms with Crippen LogP contribution in [0.4, 0.5) is 0 Å². The molecule has 0 fully saturated rings. The fourth-order valence-electron chi connectivity index (χ4n) is 3.68. The van der Waals surface area contributed by atoms with Crippen molar-refractivity contribution in [3.05, 3.63) is 96.3 Å². The van der Waals surface area contributed by atoms with Crippen molar-refractivity contribution in [2.75, 3.05) is 12.8 Å². The first-order valence-electron chi connectivity index (χ1n) is 10.5. The van der Waals surface area contributed by atoms with E-state index < -0.39 is 0 Å². The SMILES string of the molecule is CCn1c(SCC(=O)N(C)C(c2ccccc2)c2ccccc2)nnc1-c1ccncc1. The van der Waals surface area contributed by atoms with E-state index in [0.717, 1.165) is 27.7 Å². The van der Waals surface area contributed by atoms with Gasteiger partial charge in [0.2, 0.25) is 5.91 Å². The number of hydrogen-bond acceptors (Lipinski definition) is 5. The third-order valence-electron chi connectivity index (χ3n) is 5.31. The molecule has 0 atom stereocenters. The summed E-state index contributed by atoms with van der Waals surface area (Å²) in [5.41, 5.74) is 3.12. The van der Waals surface area contributed by atoms with E-state index in [4.69, 9.17) is 0 Å². The van der Waals surface area contributed by atoms with E-state index in [0.29, 0.717) is 6.54 Å². The Bertz CT molecular complexity index is 1110. The Hall–Kier alpha value is -3.45. The number of pyridine rings is 1. The van der Waals surface area contributed by atoms with E-state index in [1.165, 1.54) is 11.8 Å². The molecule has 4 aromatic rings. The summed E-state index contributed by atoms with van der Waals surface area (Å²) in [5.74, 6) is 1.09. The number of nitrogens with zero attached hydrogens (tertiary/aromatic N) is 5. The zero-order valence-electron chi connectivity index (χ0n) is 18.1. The first-order chi connectivity index (χ1) is 15.7. The third-order valence-corrected chi connectivity index (χ3v) is 6.26. The molecule has 0 N–H and O–H groups in total. The molecule has 0 aliphatic rings. The molecule has 1 amide bonds. The van der Waals surface area contributed by atoms with E-state index in [2.05, 4.69) is 39.4 Å². The standard InChI is InChI=1S/C25H25N5OS/c1-3-30-24(21-14-16-26-17-15-21)27-28-25(30)32-18-22(31)29(2)23(19-10-6-4-7-11-19)20-12-8-5-9-13-20/h4-17,23H,3,18H2,1-2H3. The Morgan fingerprint density at radius 2 is 1.53 bits per heavy atom. The molecule has 0 saturated carbocycles. The lowest BCUT2D eigenvalue weighted by Gasteiger charge is -2.29. The second kappa shape index (κ2) is 10.2. The van der Waals surface area contributed by atoms with Gasteiger partial charge in [0.1, 0.15) is 0 Å². The molecule has 0 radical (unpaired) electrons.